The molecule has 0 unspecified atom stereocenters. The molecule has 3 heteroatoms. The minimum absolute atomic E-state index is 0.606. The summed E-state index contributed by atoms with van der Waals surface area (Å²) in [7, 11) is 1.72. The molecule has 2 N–H and O–H groups in total. The van der Waals surface area contributed by atoms with Crippen molar-refractivity contribution >= 4 is 0 Å². The molecule has 0 amide bonds. The molecule has 0 aromatic heterocycles. The zero-order valence-electron chi connectivity index (χ0n) is 11.8. The van der Waals surface area contributed by atoms with Gasteiger partial charge in [-0.15, -0.1) is 0 Å². The van der Waals surface area contributed by atoms with E-state index >= 15 is 0 Å². The maximum atomic E-state index is 5.63. The Labute approximate surface area is 120 Å². The van der Waals surface area contributed by atoms with E-state index in [1.165, 1.54) is 22.3 Å². The highest BCUT2D eigenvalue weighted by atomic mass is 16.5. The molecule has 104 valence electrons. The topological polar surface area (TPSA) is 38.5 Å². The van der Waals surface area contributed by atoms with Crippen LogP contribution < -0.4 is 10.5 Å². The summed E-state index contributed by atoms with van der Waals surface area (Å²) in [5.41, 5.74) is 10.9. The second-order valence-corrected chi connectivity index (χ2v) is 5.30. The van der Waals surface area contributed by atoms with Crippen LogP contribution in [0.5, 0.6) is 5.75 Å². The summed E-state index contributed by atoms with van der Waals surface area (Å²) in [6.07, 6.45) is 0. The lowest BCUT2D eigenvalue weighted by Gasteiger charge is -2.14. The number of rotatable bonds is 4. The first-order valence-electron chi connectivity index (χ1n) is 6.94. The molecule has 0 aliphatic carbocycles. The summed E-state index contributed by atoms with van der Waals surface area (Å²) < 4.78 is 5.29. The highest BCUT2D eigenvalue weighted by Gasteiger charge is 2.19. The molecule has 0 fully saturated rings. The fraction of sp³-hybridized carbons (Fsp3) is 0.294. The summed E-state index contributed by atoms with van der Waals surface area (Å²) >= 11 is 0. The smallest absolute Gasteiger partial charge is 0.119 e. The first kappa shape index (κ1) is 13.2. The predicted molar refractivity (Wildman–Crippen MR) is 80.3 cm³/mol. The van der Waals surface area contributed by atoms with Gasteiger partial charge in [0.05, 0.1) is 7.11 Å². The van der Waals surface area contributed by atoms with E-state index in [1.54, 1.807) is 7.11 Å². The number of fused-ring (bicyclic) bond motifs is 1. The normalized spacial score (nSPS) is 14.3. The number of nitrogens with zero attached hydrogens (tertiary/aromatic N) is 1. The van der Waals surface area contributed by atoms with Crippen LogP contribution in [-0.4, -0.2) is 12.0 Å². The molecule has 1 heterocycles. The zero-order valence-corrected chi connectivity index (χ0v) is 11.8. The molecule has 0 radical (unpaired) electrons. The van der Waals surface area contributed by atoms with Crippen molar-refractivity contribution < 1.29 is 4.74 Å². The lowest BCUT2D eigenvalue weighted by molar-refractivity contribution is 0.275. The number of hydrogen-bond donors (Lipinski definition) is 1. The average molecular weight is 268 g/mol. The second kappa shape index (κ2) is 5.65. The van der Waals surface area contributed by atoms with Crippen LogP contribution in [0.25, 0.3) is 0 Å². The highest BCUT2D eigenvalue weighted by molar-refractivity contribution is 5.38. The van der Waals surface area contributed by atoms with Crippen molar-refractivity contribution in [3.8, 4) is 5.75 Å². The van der Waals surface area contributed by atoms with Crippen molar-refractivity contribution in [3.63, 3.8) is 0 Å². The standard InChI is InChI=1S/C17H20N2O/c1-20-17-7-6-15-11-19(12-16(15)8-17)10-14-4-2-13(9-18)3-5-14/h2-8H,9-12,18H2,1H3. The van der Waals surface area contributed by atoms with E-state index in [4.69, 9.17) is 10.5 Å². The Morgan fingerprint density at radius 2 is 1.70 bits per heavy atom. The Bertz CT molecular complexity index is 592. The lowest BCUT2D eigenvalue weighted by atomic mass is 10.1. The van der Waals surface area contributed by atoms with Crippen LogP contribution in [0, 0.1) is 0 Å². The summed E-state index contributed by atoms with van der Waals surface area (Å²) in [6.45, 7) is 3.58. The molecule has 0 saturated carbocycles. The van der Waals surface area contributed by atoms with Crippen LogP contribution in [0.15, 0.2) is 42.5 Å². The van der Waals surface area contributed by atoms with Gasteiger partial charge in [-0.25, -0.2) is 0 Å². The Morgan fingerprint density at radius 3 is 2.40 bits per heavy atom. The van der Waals surface area contributed by atoms with Crippen LogP contribution in [0.1, 0.15) is 22.3 Å². The Balaban J connectivity index is 1.68. The summed E-state index contributed by atoms with van der Waals surface area (Å²) in [4.78, 5) is 2.45. The molecule has 2 aromatic carbocycles. The molecule has 2 aromatic rings. The molecule has 20 heavy (non-hydrogen) atoms. The van der Waals surface area contributed by atoms with E-state index in [1.807, 2.05) is 6.07 Å². The van der Waals surface area contributed by atoms with Crippen LogP contribution in [0.4, 0.5) is 0 Å². The van der Waals surface area contributed by atoms with Gasteiger partial charge >= 0.3 is 0 Å². The first-order chi connectivity index (χ1) is 9.78. The third-order valence-electron chi connectivity index (χ3n) is 3.87. The van der Waals surface area contributed by atoms with Gasteiger partial charge in [0.15, 0.2) is 0 Å². The highest BCUT2D eigenvalue weighted by Crippen LogP contribution is 2.27. The zero-order chi connectivity index (χ0) is 13.9. The largest absolute Gasteiger partial charge is 0.497 e. The SMILES string of the molecule is COc1ccc2c(c1)CN(Cc1ccc(CN)cc1)C2. The lowest BCUT2D eigenvalue weighted by Crippen LogP contribution is -2.15. The van der Waals surface area contributed by atoms with Crippen molar-refractivity contribution in [2.75, 3.05) is 7.11 Å². The summed E-state index contributed by atoms with van der Waals surface area (Å²) in [6, 6.07) is 14.9. The minimum atomic E-state index is 0.606. The van der Waals surface area contributed by atoms with Crippen LogP contribution in [0.2, 0.25) is 0 Å². The Morgan fingerprint density at radius 1 is 1.00 bits per heavy atom. The fourth-order valence-corrected chi connectivity index (χ4v) is 2.72. The number of hydrogen-bond acceptors (Lipinski definition) is 3. The monoisotopic (exact) mass is 268 g/mol. The number of methoxy groups -OCH3 is 1. The molecule has 0 spiro atoms. The second-order valence-electron chi connectivity index (χ2n) is 5.30. The van der Waals surface area contributed by atoms with Crippen LogP contribution >= 0.6 is 0 Å². The first-order valence-corrected chi connectivity index (χ1v) is 6.94. The van der Waals surface area contributed by atoms with Gasteiger partial charge < -0.3 is 10.5 Å². The van der Waals surface area contributed by atoms with Crippen molar-refractivity contribution in [1.29, 1.82) is 0 Å². The summed E-state index contributed by atoms with van der Waals surface area (Å²) in [5.74, 6) is 0.942. The number of benzene rings is 2. The van der Waals surface area contributed by atoms with Gasteiger partial charge in [-0.05, 0) is 34.4 Å². The molecule has 0 saturated heterocycles. The fourth-order valence-electron chi connectivity index (χ4n) is 2.72. The van der Waals surface area contributed by atoms with Crippen molar-refractivity contribution in [3.05, 3.63) is 64.7 Å². The Hall–Kier alpha value is -1.84. The molecule has 1 aliphatic heterocycles. The predicted octanol–water partition coefficient (Wildman–Crippen LogP) is 2.67. The minimum Gasteiger partial charge on any atom is -0.497 e. The van der Waals surface area contributed by atoms with Gasteiger partial charge in [0, 0.05) is 26.2 Å². The maximum absolute atomic E-state index is 5.63. The van der Waals surface area contributed by atoms with Gasteiger partial charge in [-0.1, -0.05) is 30.3 Å². The average Bonchev–Trinajstić information content (AvgIpc) is 2.89. The third-order valence-corrected chi connectivity index (χ3v) is 3.87. The van der Waals surface area contributed by atoms with E-state index in [9.17, 15) is 0 Å². The van der Waals surface area contributed by atoms with E-state index in [-0.39, 0.29) is 0 Å². The van der Waals surface area contributed by atoms with Crippen molar-refractivity contribution in [2.24, 2.45) is 5.73 Å². The van der Waals surface area contributed by atoms with Crippen molar-refractivity contribution in [2.45, 2.75) is 26.2 Å². The molecule has 0 atom stereocenters. The van der Waals surface area contributed by atoms with E-state index in [0.717, 1.165) is 25.4 Å². The molecule has 1 aliphatic rings. The van der Waals surface area contributed by atoms with Gasteiger partial charge in [-0.3, -0.25) is 4.90 Å². The Kier molecular flexibility index (Phi) is 3.72. The number of nitrogens with two attached hydrogens (primary N) is 1. The molecular weight excluding hydrogens is 248 g/mol. The third kappa shape index (κ3) is 2.69. The molecule has 3 rings (SSSR count). The molecule has 0 bridgehead atoms. The van der Waals surface area contributed by atoms with E-state index in [0.29, 0.717) is 6.54 Å². The summed E-state index contributed by atoms with van der Waals surface area (Å²) in [5, 5.41) is 0. The number of ether oxygens (including phenoxy) is 1. The van der Waals surface area contributed by atoms with Crippen LogP contribution in [-0.2, 0) is 26.2 Å². The van der Waals surface area contributed by atoms with Gasteiger partial charge in [0.25, 0.3) is 0 Å². The van der Waals surface area contributed by atoms with Crippen molar-refractivity contribution in [1.82, 2.24) is 4.90 Å². The quantitative estimate of drug-likeness (QED) is 0.926. The van der Waals surface area contributed by atoms with Gasteiger partial charge in [0.1, 0.15) is 5.75 Å². The van der Waals surface area contributed by atoms with E-state index < -0.39 is 0 Å². The molecule has 3 nitrogen and oxygen atoms in total. The van der Waals surface area contributed by atoms with Gasteiger partial charge in [0.2, 0.25) is 0 Å². The molecular formula is C17H20N2O. The maximum Gasteiger partial charge on any atom is 0.119 e. The van der Waals surface area contributed by atoms with Crippen LogP contribution in [0.3, 0.4) is 0 Å². The van der Waals surface area contributed by atoms with E-state index in [2.05, 4.69) is 41.3 Å². The van der Waals surface area contributed by atoms with Gasteiger partial charge in [-0.2, -0.15) is 0 Å².